The normalized spacial score (nSPS) is 21.5. The zero-order valence-corrected chi connectivity index (χ0v) is 13.1. The van der Waals surface area contributed by atoms with Gasteiger partial charge in [0.15, 0.2) is 0 Å². The minimum atomic E-state index is -4.53. The van der Waals surface area contributed by atoms with Crippen LogP contribution in [0.4, 0.5) is 18.0 Å². The van der Waals surface area contributed by atoms with Crippen molar-refractivity contribution >= 4 is 11.9 Å². The number of hydrogen-bond acceptors (Lipinski definition) is 2. The van der Waals surface area contributed by atoms with Crippen molar-refractivity contribution in [2.45, 2.75) is 64.7 Å². The van der Waals surface area contributed by atoms with Gasteiger partial charge in [-0.3, -0.25) is 4.79 Å². The van der Waals surface area contributed by atoms with Crippen molar-refractivity contribution in [1.29, 1.82) is 0 Å². The molecule has 5 nitrogen and oxygen atoms in total. The fourth-order valence-corrected chi connectivity index (χ4v) is 2.30. The van der Waals surface area contributed by atoms with E-state index in [0.717, 1.165) is 12.8 Å². The SMILES string of the molecule is CC(C)(C)C[C@H](NC(=O)N[C@H]1CCCCNC1=O)C(F)(F)F. The van der Waals surface area contributed by atoms with Gasteiger partial charge in [-0.15, -0.1) is 0 Å². The molecule has 0 saturated carbocycles. The van der Waals surface area contributed by atoms with Crippen LogP contribution in [0, 0.1) is 5.41 Å². The summed E-state index contributed by atoms with van der Waals surface area (Å²) in [5.41, 5.74) is -0.590. The number of halogens is 3. The molecule has 1 aliphatic heterocycles. The quantitative estimate of drug-likeness (QED) is 0.746. The average molecular weight is 323 g/mol. The molecular formula is C14H24F3N3O2. The Kier molecular flexibility index (Phi) is 6.08. The Morgan fingerprint density at radius 2 is 1.95 bits per heavy atom. The molecule has 0 radical (unpaired) electrons. The lowest BCUT2D eigenvalue weighted by molar-refractivity contribution is -0.159. The highest BCUT2D eigenvalue weighted by Gasteiger charge is 2.43. The third-order valence-corrected chi connectivity index (χ3v) is 3.36. The van der Waals surface area contributed by atoms with Gasteiger partial charge in [-0.05, 0) is 31.1 Å². The molecule has 128 valence electrons. The molecule has 2 atom stereocenters. The topological polar surface area (TPSA) is 70.2 Å². The Morgan fingerprint density at radius 3 is 2.50 bits per heavy atom. The number of nitrogens with one attached hydrogen (secondary N) is 3. The Balaban J connectivity index is 2.64. The predicted molar refractivity (Wildman–Crippen MR) is 76.2 cm³/mol. The zero-order chi connectivity index (χ0) is 17.0. The monoisotopic (exact) mass is 323 g/mol. The van der Waals surface area contributed by atoms with E-state index in [-0.39, 0.29) is 12.3 Å². The van der Waals surface area contributed by atoms with E-state index in [9.17, 15) is 22.8 Å². The molecule has 0 aromatic heterocycles. The van der Waals surface area contributed by atoms with Gasteiger partial charge in [-0.1, -0.05) is 20.8 Å². The van der Waals surface area contributed by atoms with Crippen LogP contribution < -0.4 is 16.0 Å². The molecule has 0 bridgehead atoms. The van der Waals surface area contributed by atoms with Gasteiger partial charge in [-0.2, -0.15) is 13.2 Å². The number of amides is 3. The number of carbonyl (C=O) groups is 2. The highest BCUT2D eigenvalue weighted by molar-refractivity contribution is 5.87. The first-order valence-electron chi connectivity index (χ1n) is 7.40. The number of hydrogen-bond donors (Lipinski definition) is 3. The molecule has 0 aromatic rings. The summed E-state index contributed by atoms with van der Waals surface area (Å²) in [6.45, 7) is 5.53. The molecule has 3 N–H and O–H groups in total. The van der Waals surface area contributed by atoms with Gasteiger partial charge in [-0.25, -0.2) is 4.79 Å². The molecule has 1 heterocycles. The number of urea groups is 1. The van der Waals surface area contributed by atoms with Crippen molar-refractivity contribution in [2.24, 2.45) is 5.41 Å². The van der Waals surface area contributed by atoms with E-state index in [4.69, 9.17) is 0 Å². The minimum absolute atomic E-state index is 0.235. The van der Waals surface area contributed by atoms with Gasteiger partial charge < -0.3 is 16.0 Å². The number of rotatable bonds is 3. The van der Waals surface area contributed by atoms with E-state index in [1.807, 2.05) is 5.32 Å². The van der Waals surface area contributed by atoms with E-state index < -0.39 is 29.7 Å². The maximum Gasteiger partial charge on any atom is 0.408 e. The highest BCUT2D eigenvalue weighted by Crippen LogP contribution is 2.30. The van der Waals surface area contributed by atoms with Crippen molar-refractivity contribution < 1.29 is 22.8 Å². The lowest BCUT2D eigenvalue weighted by Crippen LogP contribution is -2.55. The van der Waals surface area contributed by atoms with Crippen LogP contribution in [0.2, 0.25) is 0 Å². The van der Waals surface area contributed by atoms with Crippen LogP contribution in [0.15, 0.2) is 0 Å². The van der Waals surface area contributed by atoms with Gasteiger partial charge in [0, 0.05) is 6.54 Å². The lowest BCUT2D eigenvalue weighted by Gasteiger charge is -2.29. The van der Waals surface area contributed by atoms with E-state index in [2.05, 4.69) is 10.6 Å². The maximum atomic E-state index is 13.0. The second-order valence-electron chi connectivity index (χ2n) is 6.82. The molecule has 0 aromatic carbocycles. The van der Waals surface area contributed by atoms with Crippen LogP contribution in [0.5, 0.6) is 0 Å². The Bertz CT molecular complexity index is 405. The van der Waals surface area contributed by atoms with E-state index in [1.54, 1.807) is 20.8 Å². The zero-order valence-electron chi connectivity index (χ0n) is 13.1. The summed E-state index contributed by atoms with van der Waals surface area (Å²) in [6.07, 6.45) is -2.82. The summed E-state index contributed by atoms with van der Waals surface area (Å²) >= 11 is 0. The second kappa shape index (κ2) is 7.19. The molecule has 1 aliphatic rings. The summed E-state index contributed by atoms with van der Waals surface area (Å²) in [5, 5.41) is 6.90. The summed E-state index contributed by atoms with van der Waals surface area (Å²) in [6, 6.07) is -3.69. The molecule has 1 fully saturated rings. The summed E-state index contributed by atoms with van der Waals surface area (Å²) in [7, 11) is 0. The molecular weight excluding hydrogens is 299 g/mol. The third kappa shape index (κ3) is 6.53. The van der Waals surface area contributed by atoms with Crippen LogP contribution >= 0.6 is 0 Å². The maximum absolute atomic E-state index is 13.0. The van der Waals surface area contributed by atoms with Crippen LogP contribution in [0.3, 0.4) is 0 Å². The smallest absolute Gasteiger partial charge is 0.354 e. The van der Waals surface area contributed by atoms with Crippen molar-refractivity contribution in [3.63, 3.8) is 0 Å². The summed E-state index contributed by atoms with van der Waals surface area (Å²) in [4.78, 5) is 23.5. The fourth-order valence-electron chi connectivity index (χ4n) is 2.30. The molecule has 0 spiro atoms. The average Bonchev–Trinajstić information content (AvgIpc) is 2.51. The minimum Gasteiger partial charge on any atom is -0.354 e. The molecule has 0 aliphatic carbocycles. The Labute approximate surface area is 128 Å². The van der Waals surface area contributed by atoms with Crippen LogP contribution in [-0.4, -0.2) is 36.7 Å². The summed E-state index contributed by atoms with van der Waals surface area (Å²) < 4.78 is 39.0. The van der Waals surface area contributed by atoms with Gasteiger partial charge in [0.1, 0.15) is 12.1 Å². The first-order chi connectivity index (χ1) is 9.99. The van der Waals surface area contributed by atoms with Crippen LogP contribution in [0.1, 0.15) is 46.5 Å². The van der Waals surface area contributed by atoms with Crippen molar-refractivity contribution in [3.8, 4) is 0 Å². The lowest BCUT2D eigenvalue weighted by atomic mass is 9.88. The largest absolute Gasteiger partial charge is 0.408 e. The molecule has 0 unspecified atom stereocenters. The van der Waals surface area contributed by atoms with Crippen LogP contribution in [0.25, 0.3) is 0 Å². The van der Waals surface area contributed by atoms with Gasteiger partial charge in [0.2, 0.25) is 5.91 Å². The molecule has 8 heteroatoms. The summed E-state index contributed by atoms with van der Waals surface area (Å²) in [5.74, 6) is -0.355. The highest BCUT2D eigenvalue weighted by atomic mass is 19.4. The molecule has 1 rings (SSSR count). The number of alkyl halides is 3. The van der Waals surface area contributed by atoms with Crippen LogP contribution in [-0.2, 0) is 4.79 Å². The van der Waals surface area contributed by atoms with Gasteiger partial charge >= 0.3 is 12.2 Å². The third-order valence-electron chi connectivity index (χ3n) is 3.36. The molecule has 1 saturated heterocycles. The first-order valence-corrected chi connectivity index (χ1v) is 7.40. The molecule has 22 heavy (non-hydrogen) atoms. The number of carbonyl (C=O) groups excluding carboxylic acids is 2. The Morgan fingerprint density at radius 1 is 1.32 bits per heavy atom. The predicted octanol–water partition coefficient (Wildman–Crippen LogP) is 2.32. The van der Waals surface area contributed by atoms with Gasteiger partial charge in [0.05, 0.1) is 0 Å². The van der Waals surface area contributed by atoms with Crippen molar-refractivity contribution in [2.75, 3.05) is 6.54 Å². The first kappa shape index (κ1) is 18.6. The fraction of sp³-hybridized carbons (Fsp3) is 0.857. The second-order valence-corrected chi connectivity index (χ2v) is 6.82. The molecule has 3 amide bonds. The standard InChI is InChI=1S/C14H24F3N3O2/c1-13(2,3)8-10(14(15,16)17)20-12(22)19-9-6-4-5-7-18-11(9)21/h9-10H,4-8H2,1-3H3,(H,18,21)(H2,19,20,22)/t9-,10-/m0/s1. The van der Waals surface area contributed by atoms with E-state index in [1.165, 1.54) is 0 Å². The van der Waals surface area contributed by atoms with E-state index in [0.29, 0.717) is 13.0 Å². The Hall–Kier alpha value is -1.47. The van der Waals surface area contributed by atoms with Gasteiger partial charge in [0.25, 0.3) is 0 Å². The van der Waals surface area contributed by atoms with Crippen molar-refractivity contribution in [3.05, 3.63) is 0 Å². The van der Waals surface area contributed by atoms with Crippen molar-refractivity contribution in [1.82, 2.24) is 16.0 Å². The van der Waals surface area contributed by atoms with E-state index >= 15 is 0 Å².